The van der Waals surface area contributed by atoms with E-state index >= 15 is 0 Å². The Bertz CT molecular complexity index is 500. The fourth-order valence-electron chi connectivity index (χ4n) is 3.07. The van der Waals surface area contributed by atoms with Crippen LogP contribution in [-0.4, -0.2) is 32.0 Å². The number of nitrogens with one attached hydrogen (secondary N) is 1. The van der Waals surface area contributed by atoms with E-state index in [2.05, 4.69) is 29.3 Å². The van der Waals surface area contributed by atoms with Gasteiger partial charge in [-0.05, 0) is 31.1 Å². The van der Waals surface area contributed by atoms with Crippen molar-refractivity contribution in [3.8, 4) is 0 Å². The Morgan fingerprint density at radius 2 is 2.20 bits per heavy atom. The molecule has 1 heterocycles. The van der Waals surface area contributed by atoms with Gasteiger partial charge in [-0.15, -0.1) is 0 Å². The van der Waals surface area contributed by atoms with Gasteiger partial charge in [-0.25, -0.2) is 4.79 Å². The third-order valence-corrected chi connectivity index (χ3v) is 4.89. The molecular formula is C13H21N3O4. The molecule has 0 saturated heterocycles. The standard InChI is InChI=1S/C13H21N3O4/c1-12(2)8(4-5-13(12,3)15-11(18)19)6-9-14-10(7-17)20-16-9/h8,15,17H,4-7H2,1-3H3,(H,18,19)/t8-,13?/m0/s1. The lowest BCUT2D eigenvalue weighted by molar-refractivity contribution is 0.114. The van der Waals surface area contributed by atoms with Crippen LogP contribution in [0.1, 0.15) is 45.3 Å². The molecule has 0 radical (unpaired) electrons. The largest absolute Gasteiger partial charge is 0.465 e. The summed E-state index contributed by atoms with van der Waals surface area (Å²) in [7, 11) is 0. The highest BCUT2D eigenvalue weighted by Crippen LogP contribution is 2.50. The van der Waals surface area contributed by atoms with Gasteiger partial charge in [0.1, 0.15) is 6.61 Å². The maximum absolute atomic E-state index is 11.0. The highest BCUT2D eigenvalue weighted by molar-refractivity contribution is 5.66. The Morgan fingerprint density at radius 3 is 2.75 bits per heavy atom. The third kappa shape index (κ3) is 2.49. The van der Waals surface area contributed by atoms with Crippen LogP contribution in [0.2, 0.25) is 0 Å². The summed E-state index contributed by atoms with van der Waals surface area (Å²) in [4.78, 5) is 15.1. The van der Waals surface area contributed by atoms with E-state index in [9.17, 15) is 4.79 Å². The van der Waals surface area contributed by atoms with Crippen molar-refractivity contribution in [1.29, 1.82) is 0 Å². The van der Waals surface area contributed by atoms with Crippen molar-refractivity contribution in [1.82, 2.24) is 15.5 Å². The van der Waals surface area contributed by atoms with Gasteiger partial charge in [0.2, 0.25) is 0 Å². The van der Waals surface area contributed by atoms with Gasteiger partial charge in [0.05, 0.1) is 0 Å². The van der Waals surface area contributed by atoms with E-state index in [1.54, 1.807) is 0 Å². The lowest BCUT2D eigenvalue weighted by Crippen LogP contribution is -2.54. The summed E-state index contributed by atoms with van der Waals surface area (Å²) >= 11 is 0. The molecular weight excluding hydrogens is 262 g/mol. The number of hydrogen-bond acceptors (Lipinski definition) is 5. The molecule has 7 heteroatoms. The summed E-state index contributed by atoms with van der Waals surface area (Å²) in [5.41, 5.74) is -0.682. The average molecular weight is 283 g/mol. The quantitative estimate of drug-likeness (QED) is 0.774. The Balaban J connectivity index is 2.12. The zero-order chi connectivity index (χ0) is 15.0. The number of aliphatic hydroxyl groups excluding tert-OH is 1. The predicted molar refractivity (Wildman–Crippen MR) is 70.0 cm³/mol. The summed E-state index contributed by atoms with van der Waals surface area (Å²) in [6.07, 6.45) is 1.30. The minimum atomic E-state index is -0.997. The zero-order valence-electron chi connectivity index (χ0n) is 12.0. The summed E-state index contributed by atoms with van der Waals surface area (Å²) in [5, 5.41) is 24.4. The van der Waals surface area contributed by atoms with Gasteiger partial charge in [0.25, 0.3) is 5.89 Å². The van der Waals surface area contributed by atoms with Gasteiger partial charge < -0.3 is 20.1 Å². The molecule has 20 heavy (non-hydrogen) atoms. The van der Waals surface area contributed by atoms with Gasteiger partial charge in [0.15, 0.2) is 5.82 Å². The molecule has 1 aliphatic carbocycles. The molecule has 0 aliphatic heterocycles. The molecule has 1 aliphatic rings. The van der Waals surface area contributed by atoms with Crippen LogP contribution < -0.4 is 5.32 Å². The van der Waals surface area contributed by atoms with Crippen LogP contribution in [0.4, 0.5) is 4.79 Å². The van der Waals surface area contributed by atoms with E-state index in [0.717, 1.165) is 12.8 Å². The van der Waals surface area contributed by atoms with Gasteiger partial charge >= 0.3 is 6.09 Å². The summed E-state index contributed by atoms with van der Waals surface area (Å²) in [6.45, 7) is 5.80. The van der Waals surface area contributed by atoms with Crippen LogP contribution in [0.3, 0.4) is 0 Å². The first-order valence-electron chi connectivity index (χ1n) is 6.72. The topological polar surface area (TPSA) is 108 Å². The third-order valence-electron chi connectivity index (χ3n) is 4.89. The summed E-state index contributed by atoms with van der Waals surface area (Å²) in [6, 6.07) is 0. The van der Waals surface area contributed by atoms with Crippen LogP contribution in [0.15, 0.2) is 4.52 Å². The number of nitrogens with zero attached hydrogens (tertiary/aromatic N) is 2. The van der Waals surface area contributed by atoms with Gasteiger partial charge in [-0.3, -0.25) is 0 Å². The van der Waals surface area contributed by atoms with Crippen molar-refractivity contribution in [3.05, 3.63) is 11.7 Å². The van der Waals surface area contributed by atoms with E-state index in [1.165, 1.54) is 0 Å². The molecule has 1 saturated carbocycles. The summed E-state index contributed by atoms with van der Waals surface area (Å²) < 4.78 is 4.89. The number of aliphatic hydroxyl groups is 1. The maximum Gasteiger partial charge on any atom is 0.405 e. The molecule has 1 amide bonds. The lowest BCUT2D eigenvalue weighted by Gasteiger charge is -2.41. The Hall–Kier alpha value is -1.63. The number of hydrogen-bond donors (Lipinski definition) is 3. The van der Waals surface area contributed by atoms with Crippen molar-refractivity contribution >= 4 is 6.09 Å². The SMILES string of the molecule is CC1(NC(=O)O)CC[C@@H](Cc2noc(CO)n2)C1(C)C. The van der Waals surface area contributed by atoms with Crippen molar-refractivity contribution in [3.63, 3.8) is 0 Å². The molecule has 112 valence electrons. The molecule has 0 spiro atoms. The fraction of sp³-hybridized carbons (Fsp3) is 0.769. The van der Waals surface area contributed by atoms with Crippen LogP contribution >= 0.6 is 0 Å². The van der Waals surface area contributed by atoms with Gasteiger partial charge in [-0.2, -0.15) is 4.98 Å². The minimum absolute atomic E-state index is 0.210. The molecule has 7 nitrogen and oxygen atoms in total. The Kier molecular flexibility index (Phi) is 3.73. The molecule has 3 N–H and O–H groups in total. The smallest absolute Gasteiger partial charge is 0.405 e. The fourth-order valence-corrected chi connectivity index (χ4v) is 3.07. The normalized spacial score (nSPS) is 28.5. The second-order valence-electron chi connectivity index (χ2n) is 6.19. The summed E-state index contributed by atoms with van der Waals surface area (Å²) in [5.74, 6) is 1.03. The number of carboxylic acid groups (broad SMARTS) is 1. The highest BCUT2D eigenvalue weighted by Gasteiger charge is 2.52. The molecule has 1 aromatic heterocycles. The van der Waals surface area contributed by atoms with Crippen LogP contribution in [0, 0.1) is 11.3 Å². The van der Waals surface area contributed by atoms with Crippen molar-refractivity contribution in [2.75, 3.05) is 0 Å². The van der Waals surface area contributed by atoms with Crippen LogP contribution in [-0.2, 0) is 13.0 Å². The van der Waals surface area contributed by atoms with E-state index in [-0.39, 0.29) is 23.8 Å². The molecule has 2 atom stereocenters. The molecule has 1 fully saturated rings. The van der Waals surface area contributed by atoms with E-state index in [0.29, 0.717) is 12.2 Å². The van der Waals surface area contributed by atoms with E-state index < -0.39 is 11.6 Å². The lowest BCUT2D eigenvalue weighted by atomic mass is 9.70. The highest BCUT2D eigenvalue weighted by atomic mass is 16.5. The molecule has 0 bridgehead atoms. The second kappa shape index (κ2) is 5.05. The number of amides is 1. The van der Waals surface area contributed by atoms with Crippen LogP contribution in [0.25, 0.3) is 0 Å². The molecule has 0 aromatic carbocycles. The minimum Gasteiger partial charge on any atom is -0.465 e. The Labute approximate surface area is 117 Å². The second-order valence-corrected chi connectivity index (χ2v) is 6.19. The van der Waals surface area contributed by atoms with Crippen molar-refractivity contribution in [2.24, 2.45) is 11.3 Å². The van der Waals surface area contributed by atoms with Gasteiger partial charge in [0, 0.05) is 12.0 Å². The predicted octanol–water partition coefficient (Wildman–Crippen LogP) is 1.57. The van der Waals surface area contributed by atoms with E-state index in [4.69, 9.17) is 14.7 Å². The van der Waals surface area contributed by atoms with Crippen LogP contribution in [0.5, 0.6) is 0 Å². The number of aromatic nitrogens is 2. The van der Waals surface area contributed by atoms with Crippen molar-refractivity contribution in [2.45, 2.75) is 52.2 Å². The first-order valence-corrected chi connectivity index (χ1v) is 6.72. The molecule has 2 rings (SSSR count). The first-order chi connectivity index (χ1) is 9.28. The monoisotopic (exact) mass is 283 g/mol. The molecule has 1 unspecified atom stereocenters. The maximum atomic E-state index is 11.0. The van der Waals surface area contributed by atoms with Gasteiger partial charge in [-0.1, -0.05) is 19.0 Å². The average Bonchev–Trinajstić information content (AvgIpc) is 2.87. The Morgan fingerprint density at radius 1 is 1.50 bits per heavy atom. The molecule has 1 aromatic rings. The van der Waals surface area contributed by atoms with Crippen molar-refractivity contribution < 1.29 is 19.5 Å². The first kappa shape index (κ1) is 14.8. The van der Waals surface area contributed by atoms with E-state index in [1.807, 2.05) is 6.92 Å². The number of rotatable bonds is 4. The number of carbonyl (C=O) groups is 1. The zero-order valence-corrected chi connectivity index (χ0v) is 12.0.